The highest BCUT2D eigenvalue weighted by Crippen LogP contribution is 2.33. The Morgan fingerprint density at radius 2 is 1.83 bits per heavy atom. The minimum atomic E-state index is 0.191. The fourth-order valence-corrected chi connectivity index (χ4v) is 4.48. The van der Waals surface area contributed by atoms with Crippen LogP contribution in [0.1, 0.15) is 0 Å². The first-order valence-electron chi connectivity index (χ1n) is 11.3. The number of hydrogen-bond donors (Lipinski definition) is 3. The van der Waals surface area contributed by atoms with Crippen LogP contribution in [-0.4, -0.2) is 59.2 Å². The lowest BCUT2D eigenvalue weighted by Crippen LogP contribution is -2.56. The van der Waals surface area contributed by atoms with Crippen LogP contribution < -0.4 is 10.6 Å². The lowest BCUT2D eigenvalue weighted by Gasteiger charge is -2.37. The Bertz CT molecular complexity index is 1680. The number of H-pyrrole nitrogens is 2. The van der Waals surface area contributed by atoms with Crippen LogP contribution in [0.25, 0.3) is 56.0 Å². The van der Waals surface area contributed by atoms with Crippen molar-refractivity contribution in [2.24, 2.45) is 5.73 Å². The standard InChI is InChI=1S/C25H20N10/c26-15-12-35(13-15)22-11-27-10-21(32-22)14-7-17-24(33-34-25(17)30-9-14)20-8-16-18(31-20)4-6-29-23(16)19-3-1-2-5-28-19/h1-11,15,31H,12-13,26H2,(H,30,33,34). The van der Waals surface area contributed by atoms with Crippen LogP contribution in [0, 0.1) is 0 Å². The minimum absolute atomic E-state index is 0.191. The molecule has 4 N–H and O–H groups in total. The molecule has 0 radical (unpaired) electrons. The summed E-state index contributed by atoms with van der Waals surface area (Å²) < 4.78 is 0. The highest BCUT2D eigenvalue weighted by molar-refractivity contribution is 5.99. The first-order chi connectivity index (χ1) is 17.2. The number of fused-ring (bicyclic) bond motifs is 2. The second kappa shape index (κ2) is 7.67. The number of nitrogens with two attached hydrogens (primary N) is 1. The molecule has 0 spiro atoms. The van der Waals surface area contributed by atoms with Crippen LogP contribution in [0.2, 0.25) is 0 Å². The van der Waals surface area contributed by atoms with E-state index < -0.39 is 0 Å². The molecular weight excluding hydrogens is 440 g/mol. The van der Waals surface area contributed by atoms with E-state index in [0.29, 0.717) is 5.65 Å². The number of aromatic amines is 2. The third-order valence-corrected chi connectivity index (χ3v) is 6.28. The van der Waals surface area contributed by atoms with Crippen molar-refractivity contribution < 1.29 is 0 Å². The highest BCUT2D eigenvalue weighted by Gasteiger charge is 2.25. The number of pyridine rings is 3. The normalized spacial score (nSPS) is 14.0. The van der Waals surface area contributed by atoms with Crippen molar-refractivity contribution in [3.05, 3.63) is 67.4 Å². The molecule has 1 aliphatic heterocycles. The maximum atomic E-state index is 5.93. The highest BCUT2D eigenvalue weighted by atomic mass is 15.3. The van der Waals surface area contributed by atoms with Gasteiger partial charge in [-0.15, -0.1) is 0 Å². The molecule has 0 saturated carbocycles. The lowest BCUT2D eigenvalue weighted by atomic mass is 10.1. The van der Waals surface area contributed by atoms with Gasteiger partial charge in [0.15, 0.2) is 5.65 Å². The van der Waals surface area contributed by atoms with Gasteiger partial charge in [0.2, 0.25) is 0 Å². The first-order valence-corrected chi connectivity index (χ1v) is 11.3. The van der Waals surface area contributed by atoms with Gasteiger partial charge >= 0.3 is 0 Å². The van der Waals surface area contributed by atoms with E-state index in [1.807, 2.05) is 30.3 Å². The molecule has 7 heterocycles. The van der Waals surface area contributed by atoms with E-state index in [4.69, 9.17) is 10.7 Å². The number of aromatic nitrogens is 8. The maximum absolute atomic E-state index is 5.93. The predicted molar refractivity (Wildman–Crippen MR) is 133 cm³/mol. The molecule has 1 fully saturated rings. The fourth-order valence-electron chi connectivity index (χ4n) is 4.48. The van der Waals surface area contributed by atoms with Crippen molar-refractivity contribution in [3.63, 3.8) is 0 Å². The molecule has 0 atom stereocenters. The van der Waals surface area contributed by atoms with Crippen molar-refractivity contribution in [2.75, 3.05) is 18.0 Å². The largest absolute Gasteiger partial charge is 0.353 e. The molecule has 10 heteroatoms. The molecule has 35 heavy (non-hydrogen) atoms. The summed E-state index contributed by atoms with van der Waals surface area (Å²) >= 11 is 0. The summed E-state index contributed by atoms with van der Waals surface area (Å²) in [6.07, 6.45) is 8.85. The molecular formula is C25H20N10. The van der Waals surface area contributed by atoms with E-state index in [-0.39, 0.29) is 6.04 Å². The zero-order chi connectivity index (χ0) is 23.4. The molecule has 0 aromatic carbocycles. The molecule has 0 unspecified atom stereocenters. The Kier molecular flexibility index (Phi) is 4.33. The molecule has 10 nitrogen and oxygen atoms in total. The van der Waals surface area contributed by atoms with E-state index in [9.17, 15) is 0 Å². The Hall–Kier alpha value is -4.70. The summed E-state index contributed by atoms with van der Waals surface area (Å²) in [5.41, 5.74) is 12.5. The van der Waals surface area contributed by atoms with Gasteiger partial charge in [-0.25, -0.2) is 9.97 Å². The van der Waals surface area contributed by atoms with E-state index >= 15 is 0 Å². The zero-order valence-corrected chi connectivity index (χ0v) is 18.6. The van der Waals surface area contributed by atoms with Crippen LogP contribution in [-0.2, 0) is 0 Å². The van der Waals surface area contributed by atoms with Gasteiger partial charge in [-0.05, 0) is 30.3 Å². The minimum Gasteiger partial charge on any atom is -0.353 e. The van der Waals surface area contributed by atoms with Gasteiger partial charge in [-0.3, -0.25) is 20.1 Å². The molecule has 1 aliphatic rings. The fraction of sp³-hybridized carbons (Fsp3) is 0.120. The molecule has 1 saturated heterocycles. The van der Waals surface area contributed by atoms with E-state index in [0.717, 1.165) is 69.2 Å². The molecule has 6 aromatic rings. The number of hydrogen-bond acceptors (Lipinski definition) is 8. The van der Waals surface area contributed by atoms with Gasteiger partial charge < -0.3 is 15.6 Å². The van der Waals surface area contributed by atoms with Gasteiger partial charge in [0.25, 0.3) is 0 Å². The summed E-state index contributed by atoms with van der Waals surface area (Å²) in [6.45, 7) is 1.58. The molecule has 0 aliphatic carbocycles. The van der Waals surface area contributed by atoms with Gasteiger partial charge in [-0.1, -0.05) is 6.07 Å². The van der Waals surface area contributed by atoms with Crippen molar-refractivity contribution in [1.29, 1.82) is 0 Å². The third kappa shape index (κ3) is 3.30. The van der Waals surface area contributed by atoms with Gasteiger partial charge in [0.1, 0.15) is 11.5 Å². The molecule has 0 bridgehead atoms. The summed E-state index contributed by atoms with van der Waals surface area (Å²) in [7, 11) is 0. The number of rotatable bonds is 4. The maximum Gasteiger partial charge on any atom is 0.155 e. The second-order valence-electron chi connectivity index (χ2n) is 8.64. The first kappa shape index (κ1) is 19.7. The predicted octanol–water partition coefficient (Wildman–Crippen LogP) is 3.17. The van der Waals surface area contributed by atoms with Crippen molar-refractivity contribution >= 4 is 27.8 Å². The SMILES string of the molecule is NC1CN(c2cncc(-c3cnc4[nH]nc(-c5cc6c(-c7ccccn7)nccc6[nH]5)c4c3)n2)C1. The van der Waals surface area contributed by atoms with Crippen LogP contribution in [0.3, 0.4) is 0 Å². The quantitative estimate of drug-likeness (QED) is 0.365. The van der Waals surface area contributed by atoms with Crippen LogP contribution >= 0.6 is 0 Å². The Morgan fingerprint density at radius 1 is 0.886 bits per heavy atom. The Labute approximate surface area is 199 Å². The average molecular weight is 461 g/mol. The second-order valence-corrected chi connectivity index (χ2v) is 8.64. The summed E-state index contributed by atoms with van der Waals surface area (Å²) in [6, 6.07) is 12.0. The molecule has 0 amide bonds. The smallest absolute Gasteiger partial charge is 0.155 e. The molecule has 170 valence electrons. The van der Waals surface area contributed by atoms with E-state index in [2.05, 4.69) is 46.1 Å². The van der Waals surface area contributed by atoms with Gasteiger partial charge in [0.05, 0.1) is 35.2 Å². The van der Waals surface area contributed by atoms with Crippen molar-refractivity contribution in [2.45, 2.75) is 6.04 Å². The lowest BCUT2D eigenvalue weighted by molar-refractivity contribution is 0.514. The zero-order valence-electron chi connectivity index (χ0n) is 18.6. The number of nitrogens with one attached hydrogen (secondary N) is 2. The van der Waals surface area contributed by atoms with Gasteiger partial charge in [0, 0.05) is 59.6 Å². The monoisotopic (exact) mass is 460 g/mol. The third-order valence-electron chi connectivity index (χ3n) is 6.28. The van der Waals surface area contributed by atoms with Crippen LogP contribution in [0.15, 0.2) is 67.4 Å². The summed E-state index contributed by atoms with van der Waals surface area (Å²) in [4.78, 5) is 28.4. The van der Waals surface area contributed by atoms with Crippen LogP contribution in [0.5, 0.6) is 0 Å². The van der Waals surface area contributed by atoms with Crippen LogP contribution in [0.4, 0.5) is 5.82 Å². The number of anilines is 1. The number of nitrogens with zero attached hydrogens (tertiary/aromatic N) is 7. The summed E-state index contributed by atoms with van der Waals surface area (Å²) in [5, 5.41) is 9.47. The Morgan fingerprint density at radius 3 is 2.69 bits per heavy atom. The average Bonchev–Trinajstić information content (AvgIpc) is 3.51. The summed E-state index contributed by atoms with van der Waals surface area (Å²) in [5.74, 6) is 0.821. The van der Waals surface area contributed by atoms with Crippen molar-refractivity contribution in [1.82, 2.24) is 40.1 Å². The van der Waals surface area contributed by atoms with Gasteiger partial charge in [-0.2, -0.15) is 5.10 Å². The van der Waals surface area contributed by atoms with Crippen molar-refractivity contribution in [3.8, 4) is 34.0 Å². The topological polar surface area (TPSA) is 138 Å². The molecule has 7 rings (SSSR count). The van der Waals surface area contributed by atoms with E-state index in [1.165, 1.54) is 0 Å². The van der Waals surface area contributed by atoms with E-state index in [1.54, 1.807) is 31.0 Å². The Balaban J connectivity index is 1.31. The molecule has 6 aromatic heterocycles.